The average molecular weight is 1120 g/mol. The Kier molecular flexibility index (Phi) is 23.8. The number of likely N-dealkylation sites (tertiary alicyclic amines) is 2. The highest BCUT2D eigenvalue weighted by Crippen LogP contribution is 2.26. The number of aromatic hydroxyl groups is 1. The number of aliphatic hydroxyl groups excluding tert-OH is 1. The lowest BCUT2D eigenvalue weighted by Crippen LogP contribution is -2.62. The lowest BCUT2D eigenvalue weighted by Gasteiger charge is -2.32. The number of aromatic amines is 1. The van der Waals surface area contributed by atoms with E-state index in [1.165, 1.54) is 47.3 Å². The predicted molar refractivity (Wildman–Crippen MR) is 280 cm³/mol. The van der Waals surface area contributed by atoms with Crippen LogP contribution in [0.4, 0.5) is 0 Å². The number of carboxylic acid groups (broad SMARTS) is 2. The molecule has 2 aromatic rings. The number of rotatable bonds is 28. The number of carbonyl (C=O) groups is 11. The van der Waals surface area contributed by atoms with Crippen molar-refractivity contribution in [3.05, 3.63) is 48.0 Å². The zero-order valence-corrected chi connectivity index (χ0v) is 45.3. The van der Waals surface area contributed by atoms with Gasteiger partial charge in [0, 0.05) is 37.9 Å². The number of hydrogen-bond donors (Lipinski definition) is 14. The number of amides is 9. The fourth-order valence-electron chi connectivity index (χ4n) is 8.99. The number of nitrogens with zero attached hydrogens (tertiary/aromatic N) is 3. The zero-order valence-electron chi connectivity index (χ0n) is 44.4. The number of phenolic OH excluding ortho intramolecular Hbond substituents is 1. The Morgan fingerprint density at radius 1 is 0.679 bits per heavy atom. The quantitative estimate of drug-likeness (QED) is 0.0383. The Morgan fingerprint density at radius 2 is 1.22 bits per heavy atom. The second-order valence-corrected chi connectivity index (χ2v) is 20.7. The predicted octanol–water partition coefficient (Wildman–Crippen LogP) is -2.80. The lowest BCUT2D eigenvalue weighted by atomic mass is 10.00. The molecule has 78 heavy (non-hydrogen) atoms. The van der Waals surface area contributed by atoms with Crippen LogP contribution in [0, 0.1) is 11.8 Å². The van der Waals surface area contributed by atoms with Crippen LogP contribution in [0.2, 0.25) is 0 Å². The minimum absolute atomic E-state index is 0.0251. The lowest BCUT2D eigenvalue weighted by molar-refractivity contribution is -0.152. The Balaban J connectivity index is 1.43. The first-order valence-corrected chi connectivity index (χ1v) is 26.3. The van der Waals surface area contributed by atoms with Crippen molar-refractivity contribution in [2.75, 3.05) is 18.8 Å². The van der Waals surface area contributed by atoms with Gasteiger partial charge < -0.3 is 78.2 Å². The van der Waals surface area contributed by atoms with Crippen molar-refractivity contribution in [3.63, 3.8) is 0 Å². The molecule has 0 spiro atoms. The van der Waals surface area contributed by atoms with Crippen molar-refractivity contribution in [1.29, 1.82) is 0 Å². The summed E-state index contributed by atoms with van der Waals surface area (Å²) in [5, 5.41) is 57.1. The van der Waals surface area contributed by atoms with E-state index in [-0.39, 0.29) is 56.9 Å². The first-order chi connectivity index (χ1) is 36.7. The monoisotopic (exact) mass is 1110 g/mol. The number of nitrogens with two attached hydrogens (primary N) is 1. The van der Waals surface area contributed by atoms with Crippen LogP contribution in [-0.2, 0) is 65.6 Å². The number of carboxylic acids is 2. The van der Waals surface area contributed by atoms with Crippen molar-refractivity contribution < 1.29 is 73.2 Å². The molecule has 0 bridgehead atoms. The summed E-state index contributed by atoms with van der Waals surface area (Å²) in [7, 11) is 0. The van der Waals surface area contributed by atoms with Gasteiger partial charge >= 0.3 is 11.9 Å². The van der Waals surface area contributed by atoms with Crippen molar-refractivity contribution in [2.45, 2.75) is 159 Å². The molecule has 2 aliphatic rings. The van der Waals surface area contributed by atoms with Gasteiger partial charge in [0.25, 0.3) is 0 Å². The maximum absolute atomic E-state index is 14.0. The van der Waals surface area contributed by atoms with Crippen LogP contribution in [-0.4, -0.2) is 191 Å². The zero-order chi connectivity index (χ0) is 58.1. The Labute approximate surface area is 456 Å². The summed E-state index contributed by atoms with van der Waals surface area (Å²) in [5.41, 5.74) is 7.17. The number of hydrogen-bond acceptors (Lipinski definition) is 16. The summed E-state index contributed by atoms with van der Waals surface area (Å²) in [6.45, 7) is 9.46. The highest BCUT2D eigenvalue weighted by Gasteiger charge is 2.44. The summed E-state index contributed by atoms with van der Waals surface area (Å²) in [4.78, 5) is 157. The van der Waals surface area contributed by atoms with Gasteiger partial charge in [-0.25, -0.2) is 9.78 Å². The molecular formula is C50H74N12O15S. The van der Waals surface area contributed by atoms with Crippen molar-refractivity contribution >= 4 is 77.7 Å². The van der Waals surface area contributed by atoms with Gasteiger partial charge in [0.05, 0.1) is 30.6 Å². The summed E-state index contributed by atoms with van der Waals surface area (Å²) >= 11 is 4.21. The third-order valence-corrected chi connectivity index (χ3v) is 13.5. The number of aliphatic carboxylic acids is 2. The number of imidazole rings is 1. The molecule has 0 aliphatic carbocycles. The Morgan fingerprint density at radius 3 is 1.78 bits per heavy atom. The van der Waals surface area contributed by atoms with E-state index in [4.69, 9.17) is 5.73 Å². The summed E-state index contributed by atoms with van der Waals surface area (Å²) in [5.74, 6) is -12.0. The summed E-state index contributed by atoms with van der Waals surface area (Å²) in [6, 6.07) is -7.84. The number of H-pyrrole nitrogens is 1. The highest BCUT2D eigenvalue weighted by atomic mass is 32.1. The molecule has 0 unspecified atom stereocenters. The van der Waals surface area contributed by atoms with Crippen LogP contribution in [0.3, 0.4) is 0 Å². The smallest absolute Gasteiger partial charge is 0.326 e. The number of aliphatic hydroxyl groups is 1. The molecule has 9 amide bonds. The van der Waals surface area contributed by atoms with Crippen molar-refractivity contribution in [2.24, 2.45) is 17.6 Å². The average Bonchev–Trinajstić information content (AvgIpc) is 4.23. The fourth-order valence-corrected chi connectivity index (χ4v) is 9.25. The normalized spacial score (nSPS) is 18.7. The molecule has 2 fully saturated rings. The highest BCUT2D eigenvalue weighted by molar-refractivity contribution is 7.80. The molecular weight excluding hydrogens is 1040 g/mol. The Bertz CT molecular complexity index is 2460. The summed E-state index contributed by atoms with van der Waals surface area (Å²) in [6.07, 6.45) is 1.67. The molecule has 1 aromatic carbocycles. The standard InChI is InChI=1S/C50H74N12O15S/c1-24(2)17-32(56-43(69)33(18-28-11-13-30(64)14-12-28)55-41(67)31(51)19-29-21-52-23-53-29)42(68)58-35(22-78)45(71)60-40(27(6)63)47(73)57-34(20-38(65)66)44(70)59-39(25(3)4)46(72)54-26(5)48(74)61-15-7-9-36(61)49(75)62-16-8-10-37(62)50(76)77/h11-14,21,23-27,31-37,39-40,63-64,78H,7-10,15-20,22,51H2,1-6H3,(H,52,53)(H,54,72)(H,55,67)(H,56,69)(H,57,73)(H,58,68)(H,59,70)(H,60,71)(H,65,66)(H,76,77)/t26-,27+,31-,32-,33-,34-,35-,36-,37-,39-,40-/m0/s1. The van der Waals surface area contributed by atoms with Gasteiger partial charge in [-0.3, -0.25) is 47.9 Å². The molecule has 0 saturated carbocycles. The first kappa shape index (κ1) is 63.2. The van der Waals surface area contributed by atoms with Gasteiger partial charge in [-0.2, -0.15) is 12.6 Å². The van der Waals surface area contributed by atoms with Gasteiger partial charge in [0.15, 0.2) is 0 Å². The van der Waals surface area contributed by atoms with Gasteiger partial charge in [-0.05, 0) is 75.5 Å². The van der Waals surface area contributed by atoms with Gasteiger partial charge in [0.2, 0.25) is 53.2 Å². The van der Waals surface area contributed by atoms with Gasteiger partial charge in [0.1, 0.15) is 60.1 Å². The molecule has 3 heterocycles. The second kappa shape index (κ2) is 29.4. The third-order valence-electron chi connectivity index (χ3n) is 13.2. The van der Waals surface area contributed by atoms with Crippen LogP contribution in [0.15, 0.2) is 36.8 Å². The number of phenols is 1. The van der Waals surface area contributed by atoms with Gasteiger partial charge in [-0.15, -0.1) is 0 Å². The van der Waals surface area contributed by atoms with E-state index >= 15 is 0 Å². The molecule has 2 aliphatic heterocycles. The minimum atomic E-state index is -1.91. The van der Waals surface area contributed by atoms with E-state index in [0.717, 1.165) is 6.92 Å². The van der Waals surface area contributed by atoms with E-state index in [1.807, 2.05) is 0 Å². The number of carbonyl (C=O) groups excluding carboxylic acids is 9. The molecule has 430 valence electrons. The van der Waals surface area contributed by atoms with E-state index in [2.05, 4.69) is 59.8 Å². The molecule has 27 nitrogen and oxygen atoms in total. The minimum Gasteiger partial charge on any atom is -0.508 e. The van der Waals surface area contributed by atoms with Crippen LogP contribution in [0.5, 0.6) is 5.75 Å². The molecule has 4 rings (SSSR count). The molecule has 1 aromatic heterocycles. The van der Waals surface area contributed by atoms with E-state index < -0.39 is 150 Å². The topological polar surface area (TPSA) is 414 Å². The van der Waals surface area contributed by atoms with E-state index in [0.29, 0.717) is 24.1 Å². The fraction of sp³-hybridized carbons (Fsp3) is 0.600. The molecule has 28 heteroatoms. The molecule has 11 atom stereocenters. The van der Waals surface area contributed by atoms with E-state index in [1.54, 1.807) is 33.9 Å². The molecule has 14 N–H and O–H groups in total. The number of aromatic nitrogens is 2. The van der Waals surface area contributed by atoms with Crippen LogP contribution in [0.25, 0.3) is 0 Å². The SMILES string of the molecule is CC(C)C[C@H](NC(=O)[C@H](Cc1ccc(O)cc1)NC(=O)[C@@H](N)Cc1c[nH]cn1)C(=O)N[C@@H](CS)C(=O)N[C@H](C(=O)N[C@@H](CC(=O)O)C(=O)N[C@H](C(=O)N[C@@H](C)C(=O)N1CCC[C@H]1C(=O)N1CCC[C@H]1C(=O)O)C(C)C)[C@@H](C)O. The van der Waals surface area contributed by atoms with Crippen LogP contribution in [0.1, 0.15) is 91.3 Å². The molecule has 0 radical (unpaired) electrons. The van der Waals surface area contributed by atoms with E-state index in [9.17, 15) is 73.2 Å². The first-order valence-electron chi connectivity index (χ1n) is 25.7. The second-order valence-electron chi connectivity index (χ2n) is 20.3. The van der Waals surface area contributed by atoms with Gasteiger partial charge in [-0.1, -0.05) is 39.8 Å². The maximum Gasteiger partial charge on any atom is 0.326 e. The largest absolute Gasteiger partial charge is 0.508 e. The van der Waals surface area contributed by atoms with Crippen LogP contribution < -0.4 is 43.0 Å². The molecule has 2 saturated heterocycles. The van der Waals surface area contributed by atoms with Crippen molar-refractivity contribution in [3.8, 4) is 5.75 Å². The number of nitrogens with one attached hydrogen (secondary N) is 8. The summed E-state index contributed by atoms with van der Waals surface area (Å²) < 4.78 is 0. The number of benzene rings is 1. The van der Waals surface area contributed by atoms with Crippen LogP contribution >= 0.6 is 12.6 Å². The third kappa shape index (κ3) is 18.1. The Hall–Kier alpha value is -7.33. The van der Waals surface area contributed by atoms with Crippen molar-refractivity contribution in [1.82, 2.24) is 57.0 Å². The number of thiol groups is 1. The maximum atomic E-state index is 14.0.